The molecule has 0 bridgehead atoms. The average Bonchev–Trinajstić information content (AvgIpc) is 2.63. The van der Waals surface area contributed by atoms with Gasteiger partial charge in [0.25, 0.3) is 0 Å². The van der Waals surface area contributed by atoms with Gasteiger partial charge in [0.1, 0.15) is 0 Å². The first-order valence-electron chi connectivity index (χ1n) is 4.74. The predicted octanol–water partition coefficient (Wildman–Crippen LogP) is 5.58. The smallest absolute Gasteiger partial charge is 0.204 e. The van der Waals surface area contributed by atoms with Gasteiger partial charge in [-0.15, -0.1) is 11.3 Å². The highest BCUT2D eigenvalue weighted by Crippen LogP contribution is 2.34. The van der Waals surface area contributed by atoms with Crippen LogP contribution in [0.1, 0.15) is 20.8 Å². The van der Waals surface area contributed by atoms with Crippen molar-refractivity contribution in [3.05, 3.63) is 53.0 Å². The Labute approximate surface area is 129 Å². The maximum Gasteiger partial charge on any atom is 0.204 e. The van der Waals surface area contributed by atoms with E-state index in [9.17, 15) is 4.79 Å². The van der Waals surface area contributed by atoms with E-state index in [2.05, 4.69) is 47.8 Å². The van der Waals surface area contributed by atoms with Crippen molar-refractivity contribution in [2.75, 3.05) is 0 Å². The number of ketones is 1. The zero-order valence-electron chi connectivity index (χ0n) is 8.76. The second-order valence-corrected chi connectivity index (χ2v) is 6.90. The Bertz CT molecular complexity index is 589. The Morgan fingerprint density at radius 2 is 1.88 bits per heavy atom. The number of hydrogen-bond donors (Lipinski definition) is 0. The molecule has 2 rings (SSSR count). The second kappa shape index (κ2) is 5.34. The molecule has 0 N–H and O–H groups in total. The van der Waals surface area contributed by atoms with Crippen LogP contribution in [0.25, 0.3) is 0 Å². The minimum absolute atomic E-state index is 0.0446. The van der Waals surface area contributed by atoms with Gasteiger partial charge in [-0.2, -0.15) is 0 Å². The largest absolute Gasteiger partial charge is 0.288 e. The van der Waals surface area contributed by atoms with Crippen LogP contribution < -0.4 is 0 Å². The Hall–Kier alpha value is 0.0300. The van der Waals surface area contributed by atoms with E-state index in [0.717, 1.165) is 23.9 Å². The molecular formula is C12H7Br3OS. The summed E-state index contributed by atoms with van der Waals surface area (Å²) < 4.78 is 2.76. The van der Waals surface area contributed by atoms with Crippen LogP contribution in [0.3, 0.4) is 0 Å². The summed E-state index contributed by atoms with van der Waals surface area (Å²) in [6.45, 7) is 1.97. The lowest BCUT2D eigenvalue weighted by molar-refractivity contribution is 0.104. The maximum absolute atomic E-state index is 12.3. The van der Waals surface area contributed by atoms with Crippen LogP contribution in [0, 0.1) is 6.92 Å². The Kier molecular flexibility index (Phi) is 4.23. The molecule has 0 aliphatic heterocycles. The van der Waals surface area contributed by atoms with Crippen LogP contribution in [-0.4, -0.2) is 5.78 Å². The monoisotopic (exact) mass is 436 g/mol. The highest BCUT2D eigenvalue weighted by atomic mass is 79.9. The van der Waals surface area contributed by atoms with Crippen molar-refractivity contribution in [1.82, 2.24) is 0 Å². The fourth-order valence-electron chi connectivity index (χ4n) is 1.39. The van der Waals surface area contributed by atoms with E-state index in [4.69, 9.17) is 0 Å². The van der Waals surface area contributed by atoms with Gasteiger partial charge >= 0.3 is 0 Å². The summed E-state index contributed by atoms with van der Waals surface area (Å²) in [5, 5.41) is 1.91. The van der Waals surface area contributed by atoms with Gasteiger partial charge in [0.15, 0.2) is 0 Å². The third kappa shape index (κ3) is 2.72. The lowest BCUT2D eigenvalue weighted by Gasteiger charge is -2.03. The molecule has 0 spiro atoms. The van der Waals surface area contributed by atoms with Crippen LogP contribution in [0.15, 0.2) is 37.0 Å². The summed E-state index contributed by atoms with van der Waals surface area (Å²) in [6, 6.07) is 5.63. The fraction of sp³-hybridized carbons (Fsp3) is 0.0833. The molecule has 0 aliphatic carbocycles. The van der Waals surface area contributed by atoms with Gasteiger partial charge in [-0.3, -0.25) is 4.79 Å². The number of thiophene rings is 1. The van der Waals surface area contributed by atoms with E-state index in [0.29, 0.717) is 5.56 Å². The number of carbonyl (C=O) groups is 1. The molecule has 1 nitrogen and oxygen atoms in total. The highest BCUT2D eigenvalue weighted by Gasteiger charge is 2.17. The summed E-state index contributed by atoms with van der Waals surface area (Å²) >= 11 is 11.7. The number of rotatable bonds is 2. The quantitative estimate of drug-likeness (QED) is 0.560. The zero-order chi connectivity index (χ0) is 12.6. The fourth-order valence-corrected chi connectivity index (χ4v) is 3.75. The van der Waals surface area contributed by atoms with Crippen LogP contribution in [0.2, 0.25) is 0 Å². The van der Waals surface area contributed by atoms with Crippen molar-refractivity contribution in [2.24, 2.45) is 0 Å². The van der Waals surface area contributed by atoms with E-state index >= 15 is 0 Å². The molecule has 0 radical (unpaired) electrons. The normalized spacial score (nSPS) is 10.6. The molecule has 0 atom stereocenters. The summed E-state index contributed by atoms with van der Waals surface area (Å²) in [5.41, 5.74) is 1.77. The molecule has 0 saturated heterocycles. The van der Waals surface area contributed by atoms with E-state index in [1.165, 1.54) is 11.3 Å². The number of hydrogen-bond acceptors (Lipinski definition) is 2. The molecule has 1 aromatic carbocycles. The van der Waals surface area contributed by atoms with Gasteiger partial charge < -0.3 is 0 Å². The van der Waals surface area contributed by atoms with Crippen molar-refractivity contribution in [3.63, 3.8) is 0 Å². The van der Waals surface area contributed by atoms with E-state index in [1.54, 1.807) is 0 Å². The summed E-state index contributed by atoms with van der Waals surface area (Å²) in [6.07, 6.45) is 0. The van der Waals surface area contributed by atoms with Crippen molar-refractivity contribution < 1.29 is 4.79 Å². The third-order valence-corrected chi connectivity index (χ3v) is 6.73. The first-order chi connectivity index (χ1) is 8.00. The third-order valence-electron chi connectivity index (χ3n) is 2.32. The SMILES string of the molecule is Cc1cc(C(=O)c2scc(Br)c2Br)ccc1Br. The van der Waals surface area contributed by atoms with Crippen LogP contribution in [0.5, 0.6) is 0 Å². The topological polar surface area (TPSA) is 17.1 Å². The van der Waals surface area contributed by atoms with E-state index < -0.39 is 0 Å². The summed E-state index contributed by atoms with van der Waals surface area (Å²) in [7, 11) is 0. The van der Waals surface area contributed by atoms with Gasteiger partial charge in [0, 0.05) is 19.9 Å². The van der Waals surface area contributed by atoms with E-state index in [-0.39, 0.29) is 5.78 Å². The Morgan fingerprint density at radius 3 is 2.41 bits per heavy atom. The molecule has 0 fully saturated rings. The maximum atomic E-state index is 12.3. The number of aryl methyl sites for hydroxylation is 1. The van der Waals surface area contributed by atoms with Crippen LogP contribution in [0.4, 0.5) is 0 Å². The van der Waals surface area contributed by atoms with Crippen LogP contribution in [-0.2, 0) is 0 Å². The molecule has 88 valence electrons. The standard InChI is InChI=1S/C12H7Br3OS/c1-6-4-7(2-3-8(6)13)11(16)12-10(15)9(14)5-17-12/h2-5H,1H3. The lowest BCUT2D eigenvalue weighted by Crippen LogP contribution is -2.00. The molecule has 0 amide bonds. The number of halogens is 3. The molecule has 0 saturated carbocycles. The van der Waals surface area contributed by atoms with Gasteiger partial charge in [-0.1, -0.05) is 15.9 Å². The minimum Gasteiger partial charge on any atom is -0.288 e. The minimum atomic E-state index is 0.0446. The van der Waals surface area contributed by atoms with Crippen molar-refractivity contribution in [3.8, 4) is 0 Å². The van der Waals surface area contributed by atoms with Gasteiger partial charge in [0.05, 0.1) is 9.35 Å². The van der Waals surface area contributed by atoms with Gasteiger partial charge in [0.2, 0.25) is 5.78 Å². The molecular weight excluding hydrogens is 432 g/mol. The Balaban J connectivity index is 2.44. The van der Waals surface area contributed by atoms with Crippen LogP contribution >= 0.6 is 59.1 Å². The zero-order valence-corrected chi connectivity index (χ0v) is 14.3. The van der Waals surface area contributed by atoms with Crippen molar-refractivity contribution in [2.45, 2.75) is 6.92 Å². The molecule has 0 unspecified atom stereocenters. The molecule has 5 heteroatoms. The molecule has 1 heterocycles. The molecule has 1 aromatic heterocycles. The van der Waals surface area contributed by atoms with Gasteiger partial charge in [-0.05, 0) is 62.5 Å². The molecule has 2 aromatic rings. The Morgan fingerprint density at radius 1 is 1.18 bits per heavy atom. The molecule has 17 heavy (non-hydrogen) atoms. The van der Waals surface area contributed by atoms with Crippen molar-refractivity contribution >= 4 is 64.9 Å². The van der Waals surface area contributed by atoms with Gasteiger partial charge in [-0.25, -0.2) is 0 Å². The highest BCUT2D eigenvalue weighted by molar-refractivity contribution is 9.13. The lowest BCUT2D eigenvalue weighted by atomic mass is 10.1. The number of benzene rings is 1. The summed E-state index contributed by atoms with van der Waals surface area (Å²) in [4.78, 5) is 13.0. The second-order valence-electron chi connectivity index (χ2n) is 3.52. The molecule has 0 aliphatic rings. The average molecular weight is 439 g/mol. The predicted molar refractivity (Wildman–Crippen MR) is 82.0 cm³/mol. The van der Waals surface area contributed by atoms with Crippen molar-refractivity contribution in [1.29, 1.82) is 0 Å². The summed E-state index contributed by atoms with van der Waals surface area (Å²) in [5.74, 6) is 0.0446. The first-order valence-corrected chi connectivity index (χ1v) is 8.00. The van der Waals surface area contributed by atoms with E-state index in [1.807, 2.05) is 30.5 Å². The first kappa shape index (κ1) is 13.5. The number of carbonyl (C=O) groups excluding carboxylic acids is 1.